The maximum atomic E-state index is 14.5. The van der Waals surface area contributed by atoms with Gasteiger partial charge in [0.2, 0.25) is 0 Å². The highest BCUT2D eigenvalue weighted by Gasteiger charge is 2.46. The third-order valence-corrected chi connectivity index (χ3v) is 6.83. The molecule has 14 heteroatoms. The van der Waals surface area contributed by atoms with Crippen LogP contribution in [-0.2, 0) is 4.74 Å². The van der Waals surface area contributed by atoms with E-state index in [2.05, 4.69) is 10.3 Å². The lowest BCUT2D eigenvalue weighted by Crippen LogP contribution is -2.55. The van der Waals surface area contributed by atoms with Crippen molar-refractivity contribution in [2.24, 2.45) is 0 Å². The van der Waals surface area contributed by atoms with Crippen LogP contribution in [0.3, 0.4) is 0 Å². The van der Waals surface area contributed by atoms with E-state index in [4.69, 9.17) is 21.6 Å². The molecule has 1 aliphatic rings. The maximum absolute atomic E-state index is 14.5. The third-order valence-electron chi connectivity index (χ3n) is 5.33. The first-order valence-electron chi connectivity index (χ1n) is 9.89. The molecule has 1 saturated heterocycles. The Kier molecular flexibility index (Phi) is 7.32. The summed E-state index contributed by atoms with van der Waals surface area (Å²) in [6, 6.07) is 3.95. The average molecular weight is 531 g/mol. The summed E-state index contributed by atoms with van der Waals surface area (Å²) >= 11 is 6.66. The lowest BCUT2D eigenvalue weighted by Gasteiger charge is -2.41. The van der Waals surface area contributed by atoms with Gasteiger partial charge < -0.3 is 20.1 Å². The Hall–Kier alpha value is -2.73. The number of halogens is 5. The van der Waals surface area contributed by atoms with E-state index in [9.17, 15) is 32.9 Å². The van der Waals surface area contributed by atoms with E-state index in [0.29, 0.717) is 23.9 Å². The summed E-state index contributed by atoms with van der Waals surface area (Å²) in [5.41, 5.74) is -1.58. The summed E-state index contributed by atoms with van der Waals surface area (Å²) < 4.78 is 61.5. The van der Waals surface area contributed by atoms with Crippen LogP contribution in [0, 0.1) is 34.6 Å². The van der Waals surface area contributed by atoms with Crippen LogP contribution in [0.4, 0.5) is 17.6 Å². The van der Waals surface area contributed by atoms with Gasteiger partial charge in [-0.2, -0.15) is 5.26 Å². The van der Waals surface area contributed by atoms with Gasteiger partial charge in [-0.15, -0.1) is 5.10 Å². The van der Waals surface area contributed by atoms with Crippen LogP contribution in [0.25, 0.3) is 11.3 Å². The molecule has 0 spiro atoms. The van der Waals surface area contributed by atoms with Crippen molar-refractivity contribution in [2.45, 2.75) is 34.7 Å². The fourth-order valence-electron chi connectivity index (χ4n) is 3.57. The zero-order chi connectivity index (χ0) is 25.4. The molecule has 1 aromatic heterocycles. The van der Waals surface area contributed by atoms with Gasteiger partial charge in [0.15, 0.2) is 17.5 Å². The number of aromatic nitrogens is 3. The second kappa shape index (κ2) is 10.1. The molecule has 3 aromatic rings. The van der Waals surface area contributed by atoms with Gasteiger partial charge >= 0.3 is 0 Å². The Morgan fingerprint density at radius 1 is 1.09 bits per heavy atom. The normalized spacial score (nSPS) is 24.4. The van der Waals surface area contributed by atoms with E-state index >= 15 is 0 Å². The van der Waals surface area contributed by atoms with E-state index in [0.717, 1.165) is 16.9 Å². The molecule has 0 unspecified atom stereocenters. The molecule has 1 aliphatic heterocycles. The minimum atomic E-state index is -1.66. The minimum Gasteiger partial charge on any atom is -0.394 e. The Morgan fingerprint density at radius 2 is 1.77 bits per heavy atom. The smallest absolute Gasteiger partial charge is 0.194 e. The van der Waals surface area contributed by atoms with Crippen molar-refractivity contribution < 1.29 is 37.6 Å². The summed E-state index contributed by atoms with van der Waals surface area (Å²) in [5.74, 6) is -5.35. The predicted molar refractivity (Wildman–Crippen MR) is 114 cm³/mol. The van der Waals surface area contributed by atoms with Crippen molar-refractivity contribution in [1.29, 1.82) is 5.26 Å². The third kappa shape index (κ3) is 4.86. The lowest BCUT2D eigenvalue weighted by atomic mass is 9.97. The molecule has 2 aromatic carbocycles. The Bertz CT molecular complexity index is 1280. The molecule has 0 radical (unpaired) electrons. The summed E-state index contributed by atoms with van der Waals surface area (Å²) in [6.45, 7) is -0.673. The number of thioether (sulfide) groups is 1. The molecule has 2 heterocycles. The minimum absolute atomic E-state index is 0.0309. The largest absolute Gasteiger partial charge is 0.394 e. The van der Waals surface area contributed by atoms with E-state index in [-0.39, 0.29) is 26.7 Å². The monoisotopic (exact) mass is 530 g/mol. The molecular weight excluding hydrogens is 516 g/mol. The van der Waals surface area contributed by atoms with Crippen LogP contribution < -0.4 is 0 Å². The topological polar surface area (TPSA) is 124 Å². The van der Waals surface area contributed by atoms with Crippen LogP contribution in [0.5, 0.6) is 0 Å². The first kappa shape index (κ1) is 25.4. The molecule has 0 amide bonds. The highest BCUT2D eigenvalue weighted by atomic mass is 35.5. The zero-order valence-corrected chi connectivity index (χ0v) is 18.9. The highest BCUT2D eigenvalue weighted by Crippen LogP contribution is 2.40. The number of nitriles is 1. The van der Waals surface area contributed by atoms with E-state index in [1.807, 2.05) is 0 Å². The van der Waals surface area contributed by atoms with Gasteiger partial charge in [-0.05, 0) is 24.3 Å². The number of benzene rings is 2. The molecule has 184 valence electrons. The predicted octanol–water partition coefficient (Wildman–Crippen LogP) is 2.80. The Morgan fingerprint density at radius 3 is 2.40 bits per heavy atom. The first-order chi connectivity index (χ1) is 16.6. The van der Waals surface area contributed by atoms with Gasteiger partial charge in [0.05, 0.1) is 23.4 Å². The Balaban J connectivity index is 1.65. The molecule has 0 aliphatic carbocycles. The van der Waals surface area contributed by atoms with E-state index < -0.39 is 59.7 Å². The molecule has 0 saturated carbocycles. The van der Waals surface area contributed by atoms with Gasteiger partial charge in [-0.1, -0.05) is 28.6 Å². The number of hydrogen-bond donors (Lipinski definition) is 3. The number of aliphatic hydroxyl groups excluding tert-OH is 3. The molecule has 3 N–H and O–H groups in total. The number of nitrogens with zero attached hydrogens (tertiary/aromatic N) is 4. The van der Waals surface area contributed by atoms with Crippen LogP contribution in [-0.4, -0.2) is 60.7 Å². The number of ether oxygens (including phenoxy) is 1. The van der Waals surface area contributed by atoms with Crippen molar-refractivity contribution in [2.75, 3.05) is 6.61 Å². The SMILES string of the molecule is N#Cc1cc(F)c(S[C@@H]2O[C@@H](CO)[C@@H](O)[C@@H](n3cc(-c4cc(F)c(F)c(F)c4)nn3)[C@@H]2O)cc1Cl. The maximum Gasteiger partial charge on any atom is 0.194 e. The van der Waals surface area contributed by atoms with Crippen molar-refractivity contribution in [3.8, 4) is 17.3 Å². The van der Waals surface area contributed by atoms with Gasteiger partial charge in [0, 0.05) is 10.5 Å². The standard InChI is InChI=1S/C21H15ClF4N4O4S/c22-10-4-16(11(23)3-9(10)5-27)35-21-20(33)18(19(32)15(7-31)34-21)30-6-14(28-29-30)8-1-12(24)17(26)13(25)2-8/h1-4,6,15,18-21,31-33H,7H2/t15-,18+,19+,20-,21-/m0/s1. The van der Waals surface area contributed by atoms with Gasteiger partial charge in [0.1, 0.15) is 47.4 Å². The van der Waals surface area contributed by atoms with Crippen molar-refractivity contribution >= 4 is 23.4 Å². The molecule has 5 atom stereocenters. The zero-order valence-electron chi connectivity index (χ0n) is 17.3. The molecule has 8 nitrogen and oxygen atoms in total. The van der Waals surface area contributed by atoms with Crippen LogP contribution in [0.15, 0.2) is 35.4 Å². The summed E-state index contributed by atoms with van der Waals surface area (Å²) in [5, 5.41) is 47.8. The Labute approximate surface area is 204 Å². The number of aliphatic hydroxyl groups is 3. The molecular formula is C21H15ClF4N4O4S. The summed E-state index contributed by atoms with van der Waals surface area (Å²) in [7, 11) is 0. The fourth-order valence-corrected chi connectivity index (χ4v) is 4.94. The van der Waals surface area contributed by atoms with Crippen molar-refractivity contribution in [1.82, 2.24) is 15.0 Å². The van der Waals surface area contributed by atoms with E-state index in [1.54, 1.807) is 6.07 Å². The lowest BCUT2D eigenvalue weighted by molar-refractivity contribution is -0.178. The van der Waals surface area contributed by atoms with Gasteiger partial charge in [0.25, 0.3) is 0 Å². The number of hydrogen-bond acceptors (Lipinski definition) is 8. The van der Waals surface area contributed by atoms with E-state index in [1.165, 1.54) is 6.07 Å². The molecule has 35 heavy (non-hydrogen) atoms. The average Bonchev–Trinajstić information content (AvgIpc) is 3.30. The second-order valence-corrected chi connectivity index (χ2v) is 9.07. The van der Waals surface area contributed by atoms with Gasteiger partial charge in [-0.3, -0.25) is 0 Å². The first-order valence-corrected chi connectivity index (χ1v) is 11.1. The molecule has 1 fully saturated rings. The van der Waals surface area contributed by atoms with Crippen molar-refractivity contribution in [3.63, 3.8) is 0 Å². The van der Waals surface area contributed by atoms with Crippen LogP contribution in [0.1, 0.15) is 11.6 Å². The summed E-state index contributed by atoms with van der Waals surface area (Å²) in [4.78, 5) is -0.0681. The highest BCUT2D eigenvalue weighted by molar-refractivity contribution is 7.99. The number of rotatable bonds is 5. The van der Waals surface area contributed by atoms with Crippen LogP contribution >= 0.6 is 23.4 Å². The van der Waals surface area contributed by atoms with Crippen molar-refractivity contribution in [3.05, 3.63) is 64.3 Å². The van der Waals surface area contributed by atoms with Crippen LogP contribution in [0.2, 0.25) is 5.02 Å². The molecule has 4 rings (SSSR count). The van der Waals surface area contributed by atoms with Gasteiger partial charge in [-0.25, -0.2) is 22.2 Å². The fraction of sp³-hybridized carbons (Fsp3) is 0.286. The summed E-state index contributed by atoms with van der Waals surface area (Å²) in [6.07, 6.45) is -3.14. The molecule has 0 bridgehead atoms. The quantitative estimate of drug-likeness (QED) is 0.340. The second-order valence-electron chi connectivity index (χ2n) is 7.53.